The van der Waals surface area contributed by atoms with E-state index in [1.54, 1.807) is 6.20 Å². The Kier molecular flexibility index (Phi) is 4.01. The summed E-state index contributed by atoms with van der Waals surface area (Å²) in [6.07, 6.45) is 4.22. The molecule has 1 saturated heterocycles. The monoisotopic (exact) mass is 253 g/mol. The summed E-state index contributed by atoms with van der Waals surface area (Å²) in [5, 5.41) is 3.43. The molecule has 1 unspecified atom stereocenters. The topological polar surface area (TPSA) is 50.9 Å². The fourth-order valence-corrected chi connectivity index (χ4v) is 3.00. The zero-order chi connectivity index (χ0) is 11.4. The van der Waals surface area contributed by atoms with Crippen LogP contribution in [0.1, 0.15) is 18.4 Å². The van der Waals surface area contributed by atoms with Crippen LogP contribution in [0.25, 0.3) is 0 Å². The SMILES string of the molecule is NC(=S)c1cccnc1NC1CCCSC1. The van der Waals surface area contributed by atoms with E-state index in [1.165, 1.54) is 18.6 Å². The number of hydrogen-bond donors (Lipinski definition) is 2. The van der Waals surface area contributed by atoms with E-state index in [1.807, 2.05) is 23.9 Å². The van der Waals surface area contributed by atoms with Crippen molar-refractivity contribution >= 4 is 34.8 Å². The average Bonchev–Trinajstić information content (AvgIpc) is 2.31. The smallest absolute Gasteiger partial charge is 0.136 e. The third kappa shape index (κ3) is 2.86. The van der Waals surface area contributed by atoms with Crippen molar-refractivity contribution in [3.63, 3.8) is 0 Å². The first kappa shape index (κ1) is 11.7. The molecule has 0 bridgehead atoms. The minimum Gasteiger partial charge on any atom is -0.389 e. The van der Waals surface area contributed by atoms with Crippen LogP contribution in [0.15, 0.2) is 18.3 Å². The number of nitrogens with zero attached hydrogens (tertiary/aromatic N) is 1. The largest absolute Gasteiger partial charge is 0.389 e. The standard InChI is InChI=1S/C11H15N3S2/c12-10(15)9-4-1-5-13-11(9)14-8-3-2-6-16-7-8/h1,4-5,8H,2-3,6-7H2,(H2,12,15)(H,13,14). The maximum Gasteiger partial charge on any atom is 0.136 e. The van der Waals surface area contributed by atoms with Gasteiger partial charge in [-0.05, 0) is 30.7 Å². The van der Waals surface area contributed by atoms with Crippen LogP contribution in [0.3, 0.4) is 0 Å². The normalized spacial score (nSPS) is 20.4. The Morgan fingerprint density at radius 2 is 2.50 bits per heavy atom. The first-order chi connectivity index (χ1) is 7.77. The van der Waals surface area contributed by atoms with E-state index >= 15 is 0 Å². The number of hydrogen-bond acceptors (Lipinski definition) is 4. The van der Waals surface area contributed by atoms with Crippen LogP contribution in [0.5, 0.6) is 0 Å². The highest BCUT2D eigenvalue weighted by atomic mass is 32.2. The third-order valence-corrected chi connectivity index (χ3v) is 4.01. The molecule has 3 nitrogen and oxygen atoms in total. The molecule has 5 heteroatoms. The lowest BCUT2D eigenvalue weighted by Crippen LogP contribution is -2.27. The number of aromatic nitrogens is 1. The highest BCUT2D eigenvalue weighted by Crippen LogP contribution is 2.21. The number of nitrogens with two attached hydrogens (primary N) is 1. The van der Waals surface area contributed by atoms with E-state index in [0.29, 0.717) is 11.0 Å². The lowest BCUT2D eigenvalue weighted by molar-refractivity contribution is 0.682. The molecule has 0 aliphatic carbocycles. The van der Waals surface area contributed by atoms with Gasteiger partial charge in [-0.3, -0.25) is 0 Å². The van der Waals surface area contributed by atoms with Crippen molar-refractivity contribution in [2.45, 2.75) is 18.9 Å². The zero-order valence-corrected chi connectivity index (χ0v) is 10.6. The Hall–Kier alpha value is -0.810. The molecule has 86 valence electrons. The van der Waals surface area contributed by atoms with Crippen LogP contribution in [-0.2, 0) is 0 Å². The Labute approximate surface area is 105 Å². The summed E-state index contributed by atoms with van der Waals surface area (Å²) in [4.78, 5) is 4.71. The molecule has 0 radical (unpaired) electrons. The maximum atomic E-state index is 5.67. The van der Waals surface area contributed by atoms with E-state index in [4.69, 9.17) is 18.0 Å². The summed E-state index contributed by atoms with van der Waals surface area (Å²) >= 11 is 6.99. The van der Waals surface area contributed by atoms with Crippen molar-refractivity contribution in [1.82, 2.24) is 4.98 Å². The molecule has 0 saturated carbocycles. The fourth-order valence-electron chi connectivity index (χ4n) is 1.77. The lowest BCUT2D eigenvalue weighted by atomic mass is 10.1. The summed E-state index contributed by atoms with van der Waals surface area (Å²) < 4.78 is 0. The number of thioether (sulfide) groups is 1. The molecule has 2 rings (SSSR count). The lowest BCUT2D eigenvalue weighted by Gasteiger charge is -2.23. The second kappa shape index (κ2) is 5.50. The minimum absolute atomic E-state index is 0.402. The molecule has 2 heterocycles. The van der Waals surface area contributed by atoms with Gasteiger partial charge in [0.1, 0.15) is 10.8 Å². The third-order valence-electron chi connectivity index (χ3n) is 2.57. The highest BCUT2D eigenvalue weighted by molar-refractivity contribution is 7.99. The van der Waals surface area contributed by atoms with Crippen molar-refractivity contribution < 1.29 is 0 Å². The predicted octanol–water partition coefficient (Wildman–Crippen LogP) is 2.02. The molecule has 0 spiro atoms. The fraction of sp³-hybridized carbons (Fsp3) is 0.455. The number of thiocarbonyl (C=S) groups is 1. The second-order valence-electron chi connectivity index (χ2n) is 3.82. The summed E-state index contributed by atoms with van der Waals surface area (Å²) in [6, 6.07) is 4.25. The zero-order valence-electron chi connectivity index (χ0n) is 8.98. The second-order valence-corrected chi connectivity index (χ2v) is 5.41. The first-order valence-corrected chi connectivity index (χ1v) is 6.93. The summed E-state index contributed by atoms with van der Waals surface area (Å²) in [5.74, 6) is 3.22. The van der Waals surface area contributed by atoms with Gasteiger partial charge in [0.05, 0.1) is 5.56 Å². The van der Waals surface area contributed by atoms with Gasteiger partial charge >= 0.3 is 0 Å². The molecule has 3 N–H and O–H groups in total. The predicted molar refractivity (Wildman–Crippen MR) is 74.1 cm³/mol. The summed E-state index contributed by atoms with van der Waals surface area (Å²) in [5.41, 5.74) is 6.51. The van der Waals surface area contributed by atoms with Crippen molar-refractivity contribution in [2.75, 3.05) is 16.8 Å². The van der Waals surface area contributed by atoms with E-state index < -0.39 is 0 Å². The Balaban J connectivity index is 2.10. The van der Waals surface area contributed by atoms with E-state index in [0.717, 1.165) is 17.1 Å². The minimum atomic E-state index is 0.402. The van der Waals surface area contributed by atoms with Crippen LogP contribution >= 0.6 is 24.0 Å². The molecule has 1 fully saturated rings. The van der Waals surface area contributed by atoms with Crippen LogP contribution in [0.4, 0.5) is 5.82 Å². The van der Waals surface area contributed by atoms with Gasteiger partial charge in [0.15, 0.2) is 0 Å². The molecule has 1 aromatic rings. The molecule has 1 aliphatic rings. The number of rotatable bonds is 3. The van der Waals surface area contributed by atoms with Crippen molar-refractivity contribution in [2.24, 2.45) is 5.73 Å². The molecule has 0 amide bonds. The number of nitrogens with one attached hydrogen (secondary N) is 1. The van der Waals surface area contributed by atoms with Crippen LogP contribution in [0, 0.1) is 0 Å². The number of pyridine rings is 1. The van der Waals surface area contributed by atoms with E-state index in [2.05, 4.69) is 10.3 Å². The van der Waals surface area contributed by atoms with Gasteiger partial charge in [-0.1, -0.05) is 12.2 Å². The molecule has 1 aromatic heterocycles. The van der Waals surface area contributed by atoms with Crippen LogP contribution in [0.2, 0.25) is 0 Å². The Morgan fingerprint density at radius 3 is 3.19 bits per heavy atom. The molecule has 1 atom stereocenters. The summed E-state index contributed by atoms with van der Waals surface area (Å²) in [6.45, 7) is 0. The molecular formula is C11H15N3S2. The van der Waals surface area contributed by atoms with Crippen molar-refractivity contribution in [3.8, 4) is 0 Å². The molecular weight excluding hydrogens is 238 g/mol. The van der Waals surface area contributed by atoms with Crippen molar-refractivity contribution in [3.05, 3.63) is 23.9 Å². The van der Waals surface area contributed by atoms with E-state index in [-0.39, 0.29) is 0 Å². The molecule has 0 aromatic carbocycles. The van der Waals surface area contributed by atoms with Crippen molar-refractivity contribution in [1.29, 1.82) is 0 Å². The van der Waals surface area contributed by atoms with Gasteiger partial charge in [-0.15, -0.1) is 0 Å². The highest BCUT2D eigenvalue weighted by Gasteiger charge is 2.15. The van der Waals surface area contributed by atoms with Crippen LogP contribution < -0.4 is 11.1 Å². The Bertz CT molecular complexity index is 375. The average molecular weight is 253 g/mol. The molecule has 16 heavy (non-hydrogen) atoms. The quantitative estimate of drug-likeness (QED) is 0.807. The van der Waals surface area contributed by atoms with Crippen LogP contribution in [-0.4, -0.2) is 27.5 Å². The van der Waals surface area contributed by atoms with Gasteiger partial charge in [0.2, 0.25) is 0 Å². The maximum absolute atomic E-state index is 5.67. The first-order valence-electron chi connectivity index (χ1n) is 5.36. The molecule has 1 aliphatic heterocycles. The summed E-state index contributed by atoms with van der Waals surface area (Å²) in [7, 11) is 0. The van der Waals surface area contributed by atoms with Gasteiger partial charge < -0.3 is 11.1 Å². The van der Waals surface area contributed by atoms with E-state index in [9.17, 15) is 0 Å². The Morgan fingerprint density at radius 1 is 1.62 bits per heavy atom. The van der Waals surface area contributed by atoms with Gasteiger partial charge in [0, 0.05) is 18.0 Å². The van der Waals surface area contributed by atoms with Gasteiger partial charge in [0.25, 0.3) is 0 Å². The van der Waals surface area contributed by atoms with Gasteiger partial charge in [-0.25, -0.2) is 4.98 Å². The van der Waals surface area contributed by atoms with Gasteiger partial charge in [-0.2, -0.15) is 11.8 Å². The number of anilines is 1.